The molecule has 0 heterocycles. The van der Waals surface area contributed by atoms with Gasteiger partial charge in [0.05, 0.1) is 24.1 Å². The molecule has 0 saturated heterocycles. The summed E-state index contributed by atoms with van der Waals surface area (Å²) in [7, 11) is -2.14. The molecule has 0 aliphatic rings. The molecule has 0 bridgehead atoms. The molecule has 0 spiro atoms. The van der Waals surface area contributed by atoms with Crippen LogP contribution >= 0.6 is 11.6 Å². The van der Waals surface area contributed by atoms with Crippen molar-refractivity contribution in [1.82, 2.24) is 10.2 Å². The second-order valence-electron chi connectivity index (χ2n) is 8.48. The Balaban J connectivity index is 2.19. The van der Waals surface area contributed by atoms with Crippen molar-refractivity contribution in [2.24, 2.45) is 0 Å². The number of halogens is 1. The monoisotopic (exact) mass is 537 g/mol. The average molecular weight is 538 g/mol. The summed E-state index contributed by atoms with van der Waals surface area (Å²) < 4.78 is 31.4. The molecule has 1 unspecified atom stereocenters. The third kappa shape index (κ3) is 8.41. The maximum absolute atomic E-state index is 13.4. The number of carbonyl (C=O) groups excluding carboxylic acids is 2. The van der Waals surface area contributed by atoms with Gasteiger partial charge in [0, 0.05) is 26.1 Å². The third-order valence-electron chi connectivity index (χ3n) is 5.71. The van der Waals surface area contributed by atoms with E-state index in [1.165, 1.54) is 17.5 Å². The van der Waals surface area contributed by atoms with Gasteiger partial charge in [-0.1, -0.05) is 55.8 Å². The Bertz CT molecular complexity index is 1110. The van der Waals surface area contributed by atoms with E-state index in [1.54, 1.807) is 17.0 Å². The summed E-state index contributed by atoms with van der Waals surface area (Å²) in [6, 6.07) is 13.6. The normalized spacial score (nSPS) is 12.0. The van der Waals surface area contributed by atoms with E-state index < -0.39 is 16.1 Å². The number of ether oxygens (including phenoxy) is 1. The van der Waals surface area contributed by atoms with Gasteiger partial charge in [-0.15, -0.1) is 0 Å². The standard InChI is InChI=1S/C26H36ClN3O5S/c1-5-16-28-26(32)23(6-2)29(19-20-11-8-7-9-12-20)25(31)13-10-17-30(36(4,33)34)21-14-15-24(35-3)22(27)18-21/h7-9,11-12,14-15,18,23H,5-6,10,13,16-17,19H2,1-4H3,(H,28,32). The Hall–Kier alpha value is -2.78. The van der Waals surface area contributed by atoms with Crippen LogP contribution in [0, 0.1) is 0 Å². The number of nitrogens with one attached hydrogen (secondary N) is 1. The molecule has 1 N–H and O–H groups in total. The number of rotatable bonds is 14. The minimum atomic E-state index is -3.62. The van der Waals surface area contributed by atoms with Crippen LogP contribution in [-0.2, 0) is 26.2 Å². The summed E-state index contributed by atoms with van der Waals surface area (Å²) in [5.74, 6) is 0.0420. The molecule has 2 rings (SSSR count). The van der Waals surface area contributed by atoms with Crippen molar-refractivity contribution < 1.29 is 22.7 Å². The smallest absolute Gasteiger partial charge is 0.242 e. The zero-order chi connectivity index (χ0) is 26.7. The van der Waals surface area contributed by atoms with Gasteiger partial charge in [0.15, 0.2) is 0 Å². The zero-order valence-electron chi connectivity index (χ0n) is 21.4. The van der Waals surface area contributed by atoms with Crippen LogP contribution in [0.3, 0.4) is 0 Å². The highest BCUT2D eigenvalue weighted by Crippen LogP contribution is 2.30. The van der Waals surface area contributed by atoms with Crippen molar-refractivity contribution in [2.75, 3.05) is 30.8 Å². The Morgan fingerprint density at radius 3 is 2.36 bits per heavy atom. The lowest BCUT2D eigenvalue weighted by Gasteiger charge is -2.31. The largest absolute Gasteiger partial charge is 0.495 e. The number of sulfonamides is 1. The van der Waals surface area contributed by atoms with Gasteiger partial charge in [0.1, 0.15) is 11.8 Å². The minimum absolute atomic E-state index is 0.0836. The van der Waals surface area contributed by atoms with E-state index in [0.29, 0.717) is 30.9 Å². The second kappa shape index (κ2) is 14.1. The maximum Gasteiger partial charge on any atom is 0.242 e. The van der Waals surface area contributed by atoms with Crippen molar-refractivity contribution in [2.45, 2.75) is 52.1 Å². The fourth-order valence-electron chi connectivity index (χ4n) is 3.88. The lowest BCUT2D eigenvalue weighted by atomic mass is 10.1. The Morgan fingerprint density at radius 1 is 1.11 bits per heavy atom. The van der Waals surface area contributed by atoms with Crippen LogP contribution in [0.5, 0.6) is 5.75 Å². The Labute approximate surface area is 219 Å². The molecule has 0 aliphatic heterocycles. The molecule has 2 aromatic rings. The van der Waals surface area contributed by atoms with Crippen molar-refractivity contribution in [3.8, 4) is 5.75 Å². The van der Waals surface area contributed by atoms with E-state index >= 15 is 0 Å². The Morgan fingerprint density at radius 2 is 1.81 bits per heavy atom. The fourth-order valence-corrected chi connectivity index (χ4v) is 5.09. The molecular weight excluding hydrogens is 502 g/mol. The van der Waals surface area contributed by atoms with Crippen LogP contribution in [0.4, 0.5) is 5.69 Å². The molecule has 0 aromatic heterocycles. The first-order chi connectivity index (χ1) is 17.1. The number of anilines is 1. The van der Waals surface area contributed by atoms with Crippen LogP contribution in [0.1, 0.15) is 45.1 Å². The van der Waals surface area contributed by atoms with E-state index in [0.717, 1.165) is 18.2 Å². The van der Waals surface area contributed by atoms with Gasteiger partial charge in [0.25, 0.3) is 0 Å². The maximum atomic E-state index is 13.4. The van der Waals surface area contributed by atoms with Gasteiger partial charge in [0.2, 0.25) is 21.8 Å². The van der Waals surface area contributed by atoms with E-state index in [9.17, 15) is 18.0 Å². The highest BCUT2D eigenvalue weighted by molar-refractivity contribution is 7.92. The number of amides is 2. The predicted octanol–water partition coefficient (Wildman–Crippen LogP) is 4.23. The van der Waals surface area contributed by atoms with Gasteiger partial charge in [-0.3, -0.25) is 13.9 Å². The lowest BCUT2D eigenvalue weighted by Crippen LogP contribution is -2.49. The SMILES string of the molecule is CCCNC(=O)C(CC)N(Cc1ccccc1)C(=O)CCCN(c1ccc(OC)c(Cl)c1)S(C)(=O)=O. The summed E-state index contributed by atoms with van der Waals surface area (Å²) in [6.07, 6.45) is 2.73. The van der Waals surface area contributed by atoms with Gasteiger partial charge in [-0.05, 0) is 43.0 Å². The zero-order valence-corrected chi connectivity index (χ0v) is 22.9. The first-order valence-electron chi connectivity index (χ1n) is 12.0. The first kappa shape index (κ1) is 29.5. The first-order valence-corrected chi connectivity index (χ1v) is 14.3. The molecule has 0 saturated carbocycles. The molecule has 198 valence electrons. The van der Waals surface area contributed by atoms with Crippen LogP contribution < -0.4 is 14.4 Å². The van der Waals surface area contributed by atoms with Crippen molar-refractivity contribution in [1.29, 1.82) is 0 Å². The molecule has 10 heteroatoms. The third-order valence-corrected chi connectivity index (χ3v) is 7.20. The number of hydrogen-bond acceptors (Lipinski definition) is 5. The van der Waals surface area contributed by atoms with Crippen LogP contribution in [0.25, 0.3) is 0 Å². The van der Waals surface area contributed by atoms with Crippen LogP contribution in [0.15, 0.2) is 48.5 Å². The summed E-state index contributed by atoms with van der Waals surface area (Å²) in [5, 5.41) is 3.18. The quantitative estimate of drug-likeness (QED) is 0.389. The second-order valence-corrected chi connectivity index (χ2v) is 10.8. The highest BCUT2D eigenvalue weighted by atomic mass is 35.5. The Kier molecular flexibility index (Phi) is 11.5. The topological polar surface area (TPSA) is 96.0 Å². The number of hydrogen-bond donors (Lipinski definition) is 1. The average Bonchev–Trinajstić information content (AvgIpc) is 2.84. The molecule has 2 aromatic carbocycles. The lowest BCUT2D eigenvalue weighted by molar-refractivity contribution is -0.141. The molecule has 0 fully saturated rings. The van der Waals surface area contributed by atoms with Gasteiger partial charge in [-0.2, -0.15) is 0 Å². The fraction of sp³-hybridized carbons (Fsp3) is 0.462. The number of methoxy groups -OCH3 is 1. The molecule has 8 nitrogen and oxygen atoms in total. The number of carbonyl (C=O) groups is 2. The van der Waals surface area contributed by atoms with E-state index in [2.05, 4.69) is 5.32 Å². The highest BCUT2D eigenvalue weighted by Gasteiger charge is 2.28. The molecule has 36 heavy (non-hydrogen) atoms. The van der Waals surface area contributed by atoms with E-state index in [1.807, 2.05) is 44.2 Å². The van der Waals surface area contributed by atoms with Gasteiger partial charge in [-0.25, -0.2) is 8.42 Å². The van der Waals surface area contributed by atoms with E-state index in [4.69, 9.17) is 16.3 Å². The van der Waals surface area contributed by atoms with Crippen molar-refractivity contribution in [3.63, 3.8) is 0 Å². The van der Waals surface area contributed by atoms with Crippen LogP contribution in [0.2, 0.25) is 5.02 Å². The molecule has 0 aliphatic carbocycles. The predicted molar refractivity (Wildman–Crippen MR) is 144 cm³/mol. The number of benzene rings is 2. The van der Waals surface area contributed by atoms with Crippen molar-refractivity contribution >= 4 is 39.1 Å². The summed E-state index contributed by atoms with van der Waals surface area (Å²) in [4.78, 5) is 27.8. The summed E-state index contributed by atoms with van der Waals surface area (Å²) in [6.45, 7) is 4.77. The van der Waals surface area contributed by atoms with Crippen LogP contribution in [-0.4, -0.2) is 57.6 Å². The van der Waals surface area contributed by atoms with Gasteiger partial charge < -0.3 is 15.0 Å². The molecule has 1 atom stereocenters. The minimum Gasteiger partial charge on any atom is -0.495 e. The van der Waals surface area contributed by atoms with Gasteiger partial charge >= 0.3 is 0 Å². The number of nitrogens with zero attached hydrogens (tertiary/aromatic N) is 2. The van der Waals surface area contributed by atoms with Crippen molar-refractivity contribution in [3.05, 3.63) is 59.1 Å². The van der Waals surface area contributed by atoms with E-state index in [-0.39, 0.29) is 36.2 Å². The molecular formula is C26H36ClN3O5S. The summed E-state index contributed by atoms with van der Waals surface area (Å²) >= 11 is 6.20. The summed E-state index contributed by atoms with van der Waals surface area (Å²) in [5.41, 5.74) is 1.31. The molecule has 2 amide bonds. The molecule has 0 radical (unpaired) electrons.